The van der Waals surface area contributed by atoms with Crippen molar-refractivity contribution in [2.45, 2.75) is 13.3 Å². The Kier molecular flexibility index (Phi) is 3.06. The first-order valence-electron chi connectivity index (χ1n) is 6.11. The van der Waals surface area contributed by atoms with Crippen molar-refractivity contribution >= 4 is 34.1 Å². The number of fused-ring (bicyclic) bond motifs is 3. The fourth-order valence-corrected chi connectivity index (χ4v) is 2.51. The molecule has 0 atom stereocenters. The molecule has 0 radical (unpaired) electrons. The minimum absolute atomic E-state index is 0.0836. The summed E-state index contributed by atoms with van der Waals surface area (Å²) >= 11 is 6.37. The van der Waals surface area contributed by atoms with E-state index in [0.717, 1.165) is 10.9 Å². The standard InChI is InChI=1S/C14H12ClN3O2/c1-8-10(7-12(19)20-2)13(15)18-14(16-8)9-5-3-4-6-11(9)17-18/h3-6H,7H2,1-2H3. The first-order chi connectivity index (χ1) is 9.61. The second-order valence-electron chi connectivity index (χ2n) is 4.47. The number of carbonyl (C=O) groups is 1. The molecular formula is C14H12ClN3O2. The number of rotatable bonds is 2. The van der Waals surface area contributed by atoms with Crippen molar-refractivity contribution in [3.05, 3.63) is 40.7 Å². The highest BCUT2D eigenvalue weighted by Crippen LogP contribution is 2.25. The molecule has 2 heterocycles. The van der Waals surface area contributed by atoms with Crippen molar-refractivity contribution in [1.82, 2.24) is 14.6 Å². The summed E-state index contributed by atoms with van der Waals surface area (Å²) < 4.78 is 6.25. The van der Waals surface area contributed by atoms with Crippen molar-refractivity contribution in [1.29, 1.82) is 0 Å². The van der Waals surface area contributed by atoms with Crippen LogP contribution in [0.2, 0.25) is 5.15 Å². The molecule has 0 saturated heterocycles. The summed E-state index contributed by atoms with van der Waals surface area (Å²) in [4.78, 5) is 16.0. The van der Waals surface area contributed by atoms with E-state index in [1.807, 2.05) is 31.2 Å². The van der Waals surface area contributed by atoms with Crippen LogP contribution in [0.15, 0.2) is 24.3 Å². The SMILES string of the molecule is COC(=O)Cc1c(C)nc2c3ccccc3nn2c1Cl. The molecule has 0 amide bonds. The fourth-order valence-electron chi connectivity index (χ4n) is 2.18. The first kappa shape index (κ1) is 12.9. The Morgan fingerprint density at radius 1 is 1.40 bits per heavy atom. The molecule has 3 aromatic rings. The summed E-state index contributed by atoms with van der Waals surface area (Å²) in [6.45, 7) is 1.83. The monoisotopic (exact) mass is 289 g/mol. The summed E-state index contributed by atoms with van der Waals surface area (Å²) in [6.07, 6.45) is 0.0836. The van der Waals surface area contributed by atoms with E-state index in [1.165, 1.54) is 7.11 Å². The Morgan fingerprint density at radius 2 is 2.15 bits per heavy atom. The van der Waals surface area contributed by atoms with Crippen LogP contribution in [0.4, 0.5) is 0 Å². The molecule has 102 valence electrons. The molecule has 0 bridgehead atoms. The zero-order valence-electron chi connectivity index (χ0n) is 11.1. The van der Waals surface area contributed by atoms with Crippen molar-refractivity contribution < 1.29 is 9.53 Å². The van der Waals surface area contributed by atoms with E-state index in [1.54, 1.807) is 4.52 Å². The predicted molar refractivity (Wildman–Crippen MR) is 76.0 cm³/mol. The van der Waals surface area contributed by atoms with Gasteiger partial charge >= 0.3 is 5.97 Å². The zero-order valence-corrected chi connectivity index (χ0v) is 11.8. The van der Waals surface area contributed by atoms with Gasteiger partial charge in [-0.3, -0.25) is 4.79 Å². The second kappa shape index (κ2) is 4.76. The number of ether oxygens (including phenoxy) is 1. The third-order valence-corrected chi connectivity index (χ3v) is 3.64. The van der Waals surface area contributed by atoms with Crippen molar-refractivity contribution in [3.8, 4) is 0 Å². The van der Waals surface area contributed by atoms with Crippen LogP contribution in [0.3, 0.4) is 0 Å². The van der Waals surface area contributed by atoms with E-state index in [9.17, 15) is 4.79 Å². The van der Waals surface area contributed by atoms with Crippen LogP contribution in [-0.4, -0.2) is 27.7 Å². The average molecular weight is 290 g/mol. The first-order valence-corrected chi connectivity index (χ1v) is 6.49. The lowest BCUT2D eigenvalue weighted by atomic mass is 10.2. The number of carbonyl (C=O) groups excluding carboxylic acids is 1. The Labute approximate surface area is 120 Å². The maximum atomic E-state index is 11.5. The Bertz CT molecular complexity index is 826. The molecule has 0 saturated carbocycles. The number of hydrogen-bond acceptors (Lipinski definition) is 4. The summed E-state index contributed by atoms with van der Waals surface area (Å²) in [5, 5.41) is 5.75. The maximum absolute atomic E-state index is 11.5. The van der Waals surface area contributed by atoms with Gasteiger partial charge in [-0.2, -0.15) is 5.10 Å². The van der Waals surface area contributed by atoms with E-state index < -0.39 is 0 Å². The van der Waals surface area contributed by atoms with E-state index in [2.05, 4.69) is 14.8 Å². The predicted octanol–water partition coefficient (Wildman–Crippen LogP) is 2.56. The van der Waals surface area contributed by atoms with Gasteiger partial charge in [0.1, 0.15) is 5.15 Å². The molecule has 0 aliphatic rings. The maximum Gasteiger partial charge on any atom is 0.310 e. The lowest BCUT2D eigenvalue weighted by Crippen LogP contribution is -2.10. The number of aromatic nitrogens is 3. The van der Waals surface area contributed by atoms with E-state index >= 15 is 0 Å². The minimum Gasteiger partial charge on any atom is -0.469 e. The Hall–Kier alpha value is -2.14. The summed E-state index contributed by atoms with van der Waals surface area (Å²) in [5.74, 6) is -0.354. The van der Waals surface area contributed by atoms with Crippen LogP contribution in [0, 0.1) is 6.92 Å². The number of esters is 1. The summed E-state index contributed by atoms with van der Waals surface area (Å²) in [5.41, 5.74) is 2.85. The molecule has 0 unspecified atom stereocenters. The second-order valence-corrected chi connectivity index (χ2v) is 4.83. The number of hydrogen-bond donors (Lipinski definition) is 0. The van der Waals surface area contributed by atoms with E-state index in [-0.39, 0.29) is 12.4 Å². The van der Waals surface area contributed by atoms with Gasteiger partial charge in [-0.05, 0) is 19.1 Å². The topological polar surface area (TPSA) is 56.5 Å². The smallest absolute Gasteiger partial charge is 0.310 e. The Morgan fingerprint density at radius 3 is 2.90 bits per heavy atom. The molecule has 5 nitrogen and oxygen atoms in total. The molecule has 0 N–H and O–H groups in total. The molecule has 0 aliphatic heterocycles. The molecule has 0 aliphatic carbocycles. The van der Waals surface area contributed by atoms with Gasteiger partial charge in [0.2, 0.25) is 0 Å². The summed E-state index contributed by atoms with van der Waals surface area (Å²) in [7, 11) is 1.35. The average Bonchev–Trinajstić information content (AvgIpc) is 2.82. The van der Waals surface area contributed by atoms with Crippen LogP contribution in [0.1, 0.15) is 11.3 Å². The number of aryl methyl sites for hydroxylation is 1. The van der Waals surface area contributed by atoms with Gasteiger partial charge in [-0.1, -0.05) is 23.7 Å². The number of benzene rings is 1. The van der Waals surface area contributed by atoms with Crippen LogP contribution in [-0.2, 0) is 16.0 Å². The zero-order chi connectivity index (χ0) is 14.3. The molecule has 2 aromatic heterocycles. The van der Waals surface area contributed by atoms with Crippen LogP contribution < -0.4 is 0 Å². The van der Waals surface area contributed by atoms with Gasteiger partial charge in [0.25, 0.3) is 0 Å². The lowest BCUT2D eigenvalue weighted by Gasteiger charge is -2.08. The highest BCUT2D eigenvalue weighted by molar-refractivity contribution is 6.31. The molecule has 3 rings (SSSR count). The molecule has 1 aromatic carbocycles. The quantitative estimate of drug-likeness (QED) is 0.537. The van der Waals surface area contributed by atoms with E-state index in [0.29, 0.717) is 22.1 Å². The molecule has 6 heteroatoms. The van der Waals surface area contributed by atoms with Crippen molar-refractivity contribution in [3.63, 3.8) is 0 Å². The van der Waals surface area contributed by atoms with Crippen molar-refractivity contribution in [2.24, 2.45) is 0 Å². The highest BCUT2D eigenvalue weighted by Gasteiger charge is 2.17. The van der Waals surface area contributed by atoms with Gasteiger partial charge < -0.3 is 4.74 Å². The number of nitrogens with zero attached hydrogens (tertiary/aromatic N) is 3. The molecule has 20 heavy (non-hydrogen) atoms. The largest absolute Gasteiger partial charge is 0.469 e. The third kappa shape index (κ3) is 1.91. The van der Waals surface area contributed by atoms with Crippen LogP contribution >= 0.6 is 11.6 Å². The number of halogens is 1. The molecular weight excluding hydrogens is 278 g/mol. The fraction of sp³-hybridized carbons (Fsp3) is 0.214. The lowest BCUT2D eigenvalue weighted by molar-refractivity contribution is -0.139. The third-order valence-electron chi connectivity index (χ3n) is 3.25. The normalized spacial score (nSPS) is 11.2. The molecule has 0 fully saturated rings. The van der Waals surface area contributed by atoms with Crippen LogP contribution in [0.25, 0.3) is 16.6 Å². The minimum atomic E-state index is -0.354. The highest BCUT2D eigenvalue weighted by atomic mass is 35.5. The van der Waals surface area contributed by atoms with Gasteiger partial charge in [-0.25, -0.2) is 9.50 Å². The number of methoxy groups -OCH3 is 1. The van der Waals surface area contributed by atoms with Crippen LogP contribution in [0.5, 0.6) is 0 Å². The molecule has 0 spiro atoms. The van der Waals surface area contributed by atoms with E-state index in [4.69, 9.17) is 11.6 Å². The van der Waals surface area contributed by atoms with Gasteiger partial charge in [0, 0.05) is 16.6 Å². The van der Waals surface area contributed by atoms with Gasteiger partial charge in [0.05, 0.1) is 19.0 Å². The van der Waals surface area contributed by atoms with Crippen molar-refractivity contribution in [2.75, 3.05) is 7.11 Å². The van der Waals surface area contributed by atoms with Gasteiger partial charge in [-0.15, -0.1) is 0 Å². The summed E-state index contributed by atoms with van der Waals surface area (Å²) in [6, 6.07) is 7.68. The Balaban J connectivity index is 2.29. The van der Waals surface area contributed by atoms with Gasteiger partial charge in [0.15, 0.2) is 5.65 Å².